The molecule has 68 valence electrons. The third-order valence-electron chi connectivity index (χ3n) is 1.97. The van der Waals surface area contributed by atoms with Crippen LogP contribution < -0.4 is 0 Å². The average molecular weight is 175 g/mol. The zero-order chi connectivity index (χ0) is 9.68. The zero-order valence-electron chi connectivity index (χ0n) is 7.95. The molecular weight excluding hydrogens is 162 g/mol. The van der Waals surface area contributed by atoms with Gasteiger partial charge in [-0.25, -0.2) is 6.57 Å². The summed E-state index contributed by atoms with van der Waals surface area (Å²) in [5.41, 5.74) is 2.21. The summed E-state index contributed by atoms with van der Waals surface area (Å²) in [6.07, 6.45) is 0. The lowest BCUT2D eigenvalue weighted by molar-refractivity contribution is 0.185. The van der Waals surface area contributed by atoms with Crippen LogP contribution in [0.2, 0.25) is 0 Å². The van der Waals surface area contributed by atoms with Gasteiger partial charge in [-0.15, -0.1) is 0 Å². The number of nitrogens with zero attached hydrogens (tertiary/aromatic N) is 1. The summed E-state index contributed by atoms with van der Waals surface area (Å²) in [5.74, 6) is 0. The lowest BCUT2D eigenvalue weighted by Crippen LogP contribution is -1.90. The Morgan fingerprint density at radius 1 is 1.38 bits per heavy atom. The van der Waals surface area contributed by atoms with Gasteiger partial charge in [-0.05, 0) is 5.56 Å². The largest absolute Gasteiger partial charge is 0.380 e. The van der Waals surface area contributed by atoms with Crippen molar-refractivity contribution in [2.45, 2.75) is 19.6 Å². The minimum Gasteiger partial charge on any atom is -0.380 e. The Labute approximate surface area is 79.0 Å². The third kappa shape index (κ3) is 2.57. The average Bonchev–Trinajstić information content (AvgIpc) is 2.18. The van der Waals surface area contributed by atoms with E-state index in [4.69, 9.17) is 11.3 Å². The fraction of sp³-hybridized carbons (Fsp3) is 0.364. The van der Waals surface area contributed by atoms with Crippen LogP contribution in [0.1, 0.15) is 24.1 Å². The first kappa shape index (κ1) is 9.76. The van der Waals surface area contributed by atoms with Gasteiger partial charge in [0.05, 0.1) is 6.61 Å². The smallest absolute Gasteiger partial charge is 0.245 e. The number of hydrogen-bond acceptors (Lipinski definition) is 1. The maximum atomic E-state index is 6.88. The summed E-state index contributed by atoms with van der Waals surface area (Å²) < 4.78 is 4.99. The van der Waals surface area contributed by atoms with Crippen LogP contribution in [-0.4, -0.2) is 7.11 Å². The molecule has 0 radical (unpaired) electrons. The monoisotopic (exact) mass is 175 g/mol. The summed E-state index contributed by atoms with van der Waals surface area (Å²) in [7, 11) is 1.68. The molecule has 0 aliphatic carbocycles. The van der Waals surface area contributed by atoms with Gasteiger partial charge in [-0.3, -0.25) is 0 Å². The number of ether oxygens (including phenoxy) is 1. The molecule has 2 nitrogen and oxygen atoms in total. The van der Waals surface area contributed by atoms with E-state index in [1.54, 1.807) is 7.11 Å². The highest BCUT2D eigenvalue weighted by Gasteiger charge is 2.06. The fourth-order valence-electron chi connectivity index (χ4n) is 1.13. The molecule has 0 saturated carbocycles. The van der Waals surface area contributed by atoms with E-state index >= 15 is 0 Å². The Morgan fingerprint density at radius 2 is 2.00 bits per heavy atom. The Hall–Kier alpha value is -1.33. The Bertz CT molecular complexity index is 297. The minimum absolute atomic E-state index is 0.0448. The van der Waals surface area contributed by atoms with Gasteiger partial charge in [0.2, 0.25) is 6.04 Å². The zero-order valence-corrected chi connectivity index (χ0v) is 7.95. The van der Waals surface area contributed by atoms with Crippen LogP contribution >= 0.6 is 0 Å². The summed E-state index contributed by atoms with van der Waals surface area (Å²) >= 11 is 0. The topological polar surface area (TPSA) is 13.6 Å². The van der Waals surface area contributed by atoms with Crippen LogP contribution in [0, 0.1) is 6.57 Å². The van der Waals surface area contributed by atoms with E-state index in [2.05, 4.69) is 4.85 Å². The van der Waals surface area contributed by atoms with Crippen molar-refractivity contribution < 1.29 is 4.74 Å². The van der Waals surface area contributed by atoms with E-state index in [1.807, 2.05) is 31.2 Å². The van der Waals surface area contributed by atoms with E-state index in [0.29, 0.717) is 6.61 Å². The Kier molecular flexibility index (Phi) is 3.48. The van der Waals surface area contributed by atoms with Gasteiger partial charge in [0.1, 0.15) is 0 Å². The highest BCUT2D eigenvalue weighted by Crippen LogP contribution is 2.16. The van der Waals surface area contributed by atoms with Crippen LogP contribution in [-0.2, 0) is 11.3 Å². The molecule has 1 aromatic carbocycles. The highest BCUT2D eigenvalue weighted by atomic mass is 16.5. The maximum absolute atomic E-state index is 6.88. The molecule has 1 unspecified atom stereocenters. The van der Waals surface area contributed by atoms with Crippen molar-refractivity contribution in [1.82, 2.24) is 0 Å². The van der Waals surface area contributed by atoms with E-state index in [-0.39, 0.29) is 6.04 Å². The van der Waals surface area contributed by atoms with Crippen LogP contribution in [0.15, 0.2) is 24.3 Å². The van der Waals surface area contributed by atoms with Crippen molar-refractivity contribution in [3.05, 3.63) is 46.8 Å². The maximum Gasteiger partial charge on any atom is 0.245 e. The second kappa shape index (κ2) is 4.64. The first-order chi connectivity index (χ1) is 6.27. The Balaban J connectivity index is 2.76. The molecule has 0 amide bonds. The molecule has 0 saturated heterocycles. The molecule has 0 aliphatic rings. The molecule has 0 spiro atoms. The lowest BCUT2D eigenvalue weighted by Gasteiger charge is -2.02. The van der Waals surface area contributed by atoms with Gasteiger partial charge in [-0.2, -0.15) is 0 Å². The van der Waals surface area contributed by atoms with Gasteiger partial charge in [0.25, 0.3) is 0 Å². The molecule has 0 aromatic heterocycles. The standard InChI is InChI=1S/C11H13NO/c1-9(12-2)11-6-4-10(5-7-11)8-13-3/h4-7,9H,8H2,1,3H3. The van der Waals surface area contributed by atoms with Crippen LogP contribution in [0.3, 0.4) is 0 Å². The summed E-state index contributed by atoms with van der Waals surface area (Å²) in [6.45, 7) is 9.41. The molecule has 2 heteroatoms. The first-order valence-electron chi connectivity index (χ1n) is 4.22. The molecule has 1 aromatic rings. The van der Waals surface area contributed by atoms with Crippen molar-refractivity contribution in [3.8, 4) is 0 Å². The summed E-state index contributed by atoms with van der Waals surface area (Å²) in [5, 5.41) is 0. The van der Waals surface area contributed by atoms with E-state index < -0.39 is 0 Å². The van der Waals surface area contributed by atoms with Crippen molar-refractivity contribution >= 4 is 0 Å². The number of hydrogen-bond donors (Lipinski definition) is 0. The predicted molar refractivity (Wildman–Crippen MR) is 52.2 cm³/mol. The lowest BCUT2D eigenvalue weighted by atomic mass is 10.1. The summed E-state index contributed by atoms with van der Waals surface area (Å²) in [4.78, 5) is 3.45. The second-order valence-electron chi connectivity index (χ2n) is 2.98. The molecular formula is C11H13NO. The van der Waals surface area contributed by atoms with Crippen molar-refractivity contribution in [1.29, 1.82) is 0 Å². The van der Waals surface area contributed by atoms with Gasteiger partial charge in [-0.1, -0.05) is 24.3 Å². The molecule has 0 bridgehead atoms. The van der Waals surface area contributed by atoms with E-state index in [0.717, 1.165) is 11.1 Å². The molecule has 0 aliphatic heterocycles. The van der Waals surface area contributed by atoms with Gasteiger partial charge in [0.15, 0.2) is 0 Å². The molecule has 0 fully saturated rings. The molecule has 1 rings (SSSR count). The third-order valence-corrected chi connectivity index (χ3v) is 1.97. The van der Waals surface area contributed by atoms with Gasteiger partial charge >= 0.3 is 0 Å². The number of rotatable bonds is 3. The van der Waals surface area contributed by atoms with Crippen molar-refractivity contribution in [2.24, 2.45) is 0 Å². The highest BCUT2D eigenvalue weighted by molar-refractivity contribution is 5.25. The quantitative estimate of drug-likeness (QED) is 0.644. The van der Waals surface area contributed by atoms with E-state index in [9.17, 15) is 0 Å². The van der Waals surface area contributed by atoms with E-state index in [1.165, 1.54) is 0 Å². The predicted octanol–water partition coefficient (Wildman–Crippen LogP) is 2.81. The normalized spacial score (nSPS) is 12.1. The van der Waals surface area contributed by atoms with Gasteiger partial charge in [0, 0.05) is 19.6 Å². The molecule has 0 N–H and O–H groups in total. The fourth-order valence-corrected chi connectivity index (χ4v) is 1.13. The van der Waals surface area contributed by atoms with Crippen molar-refractivity contribution in [2.75, 3.05) is 7.11 Å². The SMILES string of the molecule is [C-]#[N+]C(C)c1ccc(COC)cc1. The molecule has 13 heavy (non-hydrogen) atoms. The Morgan fingerprint density at radius 3 is 2.46 bits per heavy atom. The van der Waals surface area contributed by atoms with Gasteiger partial charge < -0.3 is 9.58 Å². The van der Waals surface area contributed by atoms with Crippen LogP contribution in [0.4, 0.5) is 0 Å². The van der Waals surface area contributed by atoms with Crippen LogP contribution in [0.25, 0.3) is 4.85 Å². The second-order valence-corrected chi connectivity index (χ2v) is 2.98. The van der Waals surface area contributed by atoms with Crippen molar-refractivity contribution in [3.63, 3.8) is 0 Å². The number of benzene rings is 1. The van der Waals surface area contributed by atoms with Crippen LogP contribution in [0.5, 0.6) is 0 Å². The molecule has 0 heterocycles. The number of methoxy groups -OCH3 is 1. The first-order valence-corrected chi connectivity index (χ1v) is 4.22. The molecule has 1 atom stereocenters. The minimum atomic E-state index is -0.0448. The summed E-state index contributed by atoms with van der Waals surface area (Å²) in [6, 6.07) is 7.92.